The standard InChI is InChI=1S/C20H28N2S/c1-14(2)19-11-21-13-22(12-17-6-5-7-17)20(19)23-18-9-15(3)8-16(4)10-18/h8-11,14,17H,5-7,12-13H2,1-4H3. The SMILES string of the molecule is Cc1cc(C)cc(SC2=C(C(C)C)C=NCN2CC2CCC2)c1. The molecule has 0 radical (unpaired) electrons. The van der Waals surface area contributed by atoms with Gasteiger partial charge in [0, 0.05) is 23.2 Å². The normalized spacial score (nSPS) is 18.7. The number of aryl methyl sites for hydroxylation is 2. The summed E-state index contributed by atoms with van der Waals surface area (Å²) in [6.45, 7) is 10.9. The van der Waals surface area contributed by atoms with Crippen molar-refractivity contribution in [2.45, 2.75) is 51.9 Å². The van der Waals surface area contributed by atoms with Crippen LogP contribution in [0.3, 0.4) is 0 Å². The molecule has 1 aromatic carbocycles. The van der Waals surface area contributed by atoms with Crippen LogP contribution in [0, 0.1) is 25.7 Å². The summed E-state index contributed by atoms with van der Waals surface area (Å²) in [6.07, 6.45) is 6.28. The molecule has 2 nitrogen and oxygen atoms in total. The first-order chi connectivity index (χ1) is 11.0. The van der Waals surface area contributed by atoms with Crippen LogP contribution >= 0.6 is 11.8 Å². The lowest BCUT2D eigenvalue weighted by Crippen LogP contribution is -2.34. The highest BCUT2D eigenvalue weighted by Gasteiger charge is 2.26. The van der Waals surface area contributed by atoms with Gasteiger partial charge in [-0.25, -0.2) is 0 Å². The molecule has 2 aliphatic rings. The molecule has 1 saturated carbocycles. The number of nitrogens with zero attached hydrogens (tertiary/aromatic N) is 2. The fraction of sp³-hybridized carbons (Fsp3) is 0.550. The van der Waals surface area contributed by atoms with Gasteiger partial charge >= 0.3 is 0 Å². The molecule has 1 heterocycles. The molecule has 1 aliphatic heterocycles. The van der Waals surface area contributed by atoms with Crippen molar-refractivity contribution in [3.63, 3.8) is 0 Å². The van der Waals surface area contributed by atoms with E-state index < -0.39 is 0 Å². The molecule has 0 amide bonds. The zero-order valence-corrected chi connectivity index (χ0v) is 15.6. The number of benzene rings is 1. The van der Waals surface area contributed by atoms with Gasteiger partial charge < -0.3 is 4.90 Å². The van der Waals surface area contributed by atoms with Crippen LogP contribution < -0.4 is 0 Å². The summed E-state index contributed by atoms with van der Waals surface area (Å²) in [6, 6.07) is 6.85. The lowest BCUT2D eigenvalue weighted by molar-refractivity contribution is 0.220. The van der Waals surface area contributed by atoms with Crippen molar-refractivity contribution < 1.29 is 0 Å². The third-order valence-corrected chi connectivity index (χ3v) is 5.91. The Morgan fingerprint density at radius 2 is 1.87 bits per heavy atom. The number of hydrogen-bond acceptors (Lipinski definition) is 3. The minimum absolute atomic E-state index is 0.511. The molecule has 1 aromatic rings. The van der Waals surface area contributed by atoms with Crippen molar-refractivity contribution in [3.05, 3.63) is 39.9 Å². The Kier molecular flexibility index (Phi) is 5.15. The molecule has 0 bridgehead atoms. The van der Waals surface area contributed by atoms with Gasteiger partial charge in [-0.2, -0.15) is 0 Å². The van der Waals surface area contributed by atoms with Gasteiger partial charge in [0.2, 0.25) is 0 Å². The third-order valence-electron chi connectivity index (χ3n) is 4.75. The molecule has 0 aromatic heterocycles. The molecular weight excluding hydrogens is 300 g/mol. The van der Waals surface area contributed by atoms with E-state index in [4.69, 9.17) is 0 Å². The summed E-state index contributed by atoms with van der Waals surface area (Å²) in [5, 5.41) is 1.42. The minimum Gasteiger partial charge on any atom is -0.346 e. The molecule has 3 rings (SSSR count). The van der Waals surface area contributed by atoms with E-state index >= 15 is 0 Å². The first-order valence-corrected chi connectivity index (χ1v) is 9.59. The number of rotatable bonds is 5. The van der Waals surface area contributed by atoms with Crippen LogP contribution in [0.25, 0.3) is 0 Å². The number of thioether (sulfide) groups is 1. The molecule has 0 spiro atoms. The average Bonchev–Trinajstić information content (AvgIpc) is 2.42. The molecule has 0 unspecified atom stereocenters. The molecule has 0 atom stereocenters. The van der Waals surface area contributed by atoms with Gasteiger partial charge in [-0.05, 0) is 61.8 Å². The van der Waals surface area contributed by atoms with Gasteiger partial charge in [0.05, 0.1) is 5.03 Å². The van der Waals surface area contributed by atoms with Crippen LogP contribution in [0.1, 0.15) is 44.2 Å². The Balaban J connectivity index is 1.88. The first-order valence-electron chi connectivity index (χ1n) is 8.78. The second-order valence-electron chi connectivity index (χ2n) is 7.31. The maximum atomic E-state index is 4.63. The summed E-state index contributed by atoms with van der Waals surface area (Å²) in [5.74, 6) is 1.38. The van der Waals surface area contributed by atoms with Gasteiger partial charge in [-0.1, -0.05) is 38.1 Å². The smallest absolute Gasteiger partial charge is 0.110 e. The van der Waals surface area contributed by atoms with Crippen LogP contribution in [0.15, 0.2) is 38.7 Å². The molecular formula is C20H28N2S. The Labute approximate surface area is 145 Å². The monoisotopic (exact) mass is 328 g/mol. The first kappa shape index (κ1) is 16.6. The Bertz CT molecular complexity index is 606. The van der Waals surface area contributed by atoms with Crippen LogP contribution in [0.2, 0.25) is 0 Å². The second-order valence-corrected chi connectivity index (χ2v) is 8.38. The van der Waals surface area contributed by atoms with E-state index in [1.165, 1.54) is 52.4 Å². The van der Waals surface area contributed by atoms with Crippen LogP contribution in [0.5, 0.6) is 0 Å². The van der Waals surface area contributed by atoms with Crippen LogP contribution in [-0.4, -0.2) is 24.3 Å². The van der Waals surface area contributed by atoms with Crippen molar-refractivity contribution in [2.24, 2.45) is 16.8 Å². The largest absolute Gasteiger partial charge is 0.346 e. The fourth-order valence-corrected chi connectivity index (χ4v) is 4.67. The molecule has 0 saturated heterocycles. The quantitative estimate of drug-likeness (QED) is 0.718. The Morgan fingerprint density at radius 3 is 2.43 bits per heavy atom. The van der Waals surface area contributed by atoms with Gasteiger partial charge in [-0.15, -0.1) is 0 Å². The summed E-state index contributed by atoms with van der Waals surface area (Å²) in [7, 11) is 0. The molecule has 1 fully saturated rings. The van der Waals surface area contributed by atoms with E-state index in [0.717, 1.165) is 12.6 Å². The van der Waals surface area contributed by atoms with Gasteiger partial charge in [0.25, 0.3) is 0 Å². The van der Waals surface area contributed by atoms with E-state index in [2.05, 4.69) is 62.0 Å². The minimum atomic E-state index is 0.511. The molecule has 23 heavy (non-hydrogen) atoms. The molecule has 1 aliphatic carbocycles. The summed E-state index contributed by atoms with van der Waals surface area (Å²) >= 11 is 1.93. The highest BCUT2D eigenvalue weighted by atomic mass is 32.2. The highest BCUT2D eigenvalue weighted by molar-refractivity contribution is 8.03. The van der Waals surface area contributed by atoms with Gasteiger partial charge in [-0.3, -0.25) is 4.99 Å². The Hall–Kier alpha value is -1.22. The maximum Gasteiger partial charge on any atom is 0.110 e. The van der Waals surface area contributed by atoms with Gasteiger partial charge in [0.15, 0.2) is 0 Å². The summed E-state index contributed by atoms with van der Waals surface area (Å²) in [4.78, 5) is 8.50. The lowest BCUT2D eigenvalue weighted by Gasteiger charge is -2.36. The van der Waals surface area contributed by atoms with Crippen molar-refractivity contribution in [3.8, 4) is 0 Å². The van der Waals surface area contributed by atoms with Gasteiger partial charge in [0.1, 0.15) is 6.67 Å². The van der Waals surface area contributed by atoms with Crippen molar-refractivity contribution >= 4 is 18.0 Å². The summed E-state index contributed by atoms with van der Waals surface area (Å²) in [5.41, 5.74) is 4.07. The average molecular weight is 329 g/mol. The van der Waals surface area contributed by atoms with Crippen molar-refractivity contribution in [1.29, 1.82) is 0 Å². The van der Waals surface area contributed by atoms with Crippen LogP contribution in [-0.2, 0) is 0 Å². The highest BCUT2D eigenvalue weighted by Crippen LogP contribution is 2.38. The number of allylic oxidation sites excluding steroid dienone is 1. The predicted molar refractivity (Wildman–Crippen MR) is 101 cm³/mol. The van der Waals surface area contributed by atoms with E-state index in [9.17, 15) is 0 Å². The fourth-order valence-electron chi connectivity index (χ4n) is 3.29. The zero-order valence-electron chi connectivity index (χ0n) is 14.8. The molecule has 124 valence electrons. The molecule has 0 N–H and O–H groups in total. The topological polar surface area (TPSA) is 15.6 Å². The Morgan fingerprint density at radius 1 is 1.17 bits per heavy atom. The van der Waals surface area contributed by atoms with Crippen molar-refractivity contribution in [2.75, 3.05) is 13.2 Å². The number of aliphatic imine (C=N–C) groups is 1. The molecule has 3 heteroatoms. The second kappa shape index (κ2) is 7.12. The predicted octanol–water partition coefficient (Wildman–Crippen LogP) is 5.41. The van der Waals surface area contributed by atoms with E-state index in [1.54, 1.807) is 0 Å². The zero-order chi connectivity index (χ0) is 16.4. The lowest BCUT2D eigenvalue weighted by atomic mass is 9.85. The summed E-state index contributed by atoms with van der Waals surface area (Å²) < 4.78 is 0. The third kappa shape index (κ3) is 4.00. The van der Waals surface area contributed by atoms with E-state index in [-0.39, 0.29) is 0 Å². The van der Waals surface area contributed by atoms with Crippen LogP contribution in [0.4, 0.5) is 0 Å². The van der Waals surface area contributed by atoms with E-state index in [1.807, 2.05) is 11.8 Å². The van der Waals surface area contributed by atoms with Crippen molar-refractivity contribution in [1.82, 2.24) is 4.90 Å². The maximum absolute atomic E-state index is 4.63. The van der Waals surface area contributed by atoms with E-state index in [0.29, 0.717) is 5.92 Å². The number of hydrogen-bond donors (Lipinski definition) is 0.